The average molecular weight is 675 g/mol. The number of halogens is 4. The van der Waals surface area contributed by atoms with Gasteiger partial charge in [0.05, 0.1) is 26.4 Å². The summed E-state index contributed by atoms with van der Waals surface area (Å²) in [7, 11) is 0. The van der Waals surface area contributed by atoms with Crippen LogP contribution >= 0.6 is 0 Å². The Labute approximate surface area is 287 Å². The smallest absolute Gasteiger partial charge is 0.372 e. The molecule has 0 bridgehead atoms. The van der Waals surface area contributed by atoms with Gasteiger partial charge in [0.25, 0.3) is 0 Å². The number of nitrogens with zero attached hydrogens (tertiary/aromatic N) is 2. The van der Waals surface area contributed by atoms with Crippen molar-refractivity contribution in [1.29, 1.82) is 0 Å². The van der Waals surface area contributed by atoms with E-state index < -0.39 is 23.3 Å². The molecule has 6 aromatic rings. The number of ether oxygens (including phenoxy) is 2. The molecular weight excluding hydrogens is 640 g/mol. The minimum atomic E-state index is -0.686. The fourth-order valence-electron chi connectivity index (χ4n) is 5.77. The molecule has 0 amide bonds. The second-order valence-electron chi connectivity index (χ2n) is 10.8. The van der Waals surface area contributed by atoms with Gasteiger partial charge in [0.15, 0.2) is 0 Å². The van der Waals surface area contributed by atoms with Crippen LogP contribution in [0, 0.1) is 63.1 Å². The first-order chi connectivity index (χ1) is 22.2. The Kier molecular flexibility index (Phi) is 12.4. The molecule has 0 radical (unpaired) electrons. The van der Waals surface area contributed by atoms with Gasteiger partial charge in [-0.1, -0.05) is 0 Å². The monoisotopic (exact) mass is 674 g/mol. The summed E-state index contributed by atoms with van der Waals surface area (Å²) < 4.78 is 67.8. The molecule has 0 unspecified atom stereocenters. The van der Waals surface area contributed by atoms with Crippen LogP contribution < -0.4 is 0 Å². The molecule has 8 rings (SSSR count). The minimum Gasteiger partial charge on any atom is -0.372 e. The van der Waals surface area contributed by atoms with E-state index in [0.717, 1.165) is 45.0 Å². The van der Waals surface area contributed by atoms with Crippen LogP contribution in [0.2, 0.25) is 0 Å². The Morgan fingerprint density at radius 2 is 0.830 bits per heavy atom. The van der Waals surface area contributed by atoms with Crippen LogP contribution in [0.15, 0.2) is 84.9 Å². The van der Waals surface area contributed by atoms with Crippen LogP contribution in [0.25, 0.3) is 11.4 Å². The standard InChI is InChI=1S/2C14H12F2NO.2C5H5.Ti/c2*1-8-11-6-18-7-12(11)9(2)17(8)14-4-3-10(15)5-13(14)16;2*1-2-4-5-3-1;/h2*3-4H,6-7H2,1-2H3;2*1-5H;/q4*-1;+4. The Bertz CT molecular complexity index is 1660. The number of aromatic nitrogens is 2. The molecule has 9 heteroatoms. The maximum Gasteiger partial charge on any atom is 4.00 e. The first kappa shape index (κ1) is 35.9. The molecule has 0 N–H and O–H groups in total. The molecule has 47 heavy (non-hydrogen) atoms. The maximum absolute atomic E-state index is 13.8. The summed E-state index contributed by atoms with van der Waals surface area (Å²) in [6, 6.07) is 29.5. The predicted molar refractivity (Wildman–Crippen MR) is 169 cm³/mol. The molecule has 0 atom stereocenters. The third-order valence-electron chi connectivity index (χ3n) is 8.08. The molecule has 2 aromatic heterocycles. The zero-order valence-electron chi connectivity index (χ0n) is 26.6. The third kappa shape index (κ3) is 7.96. The van der Waals surface area contributed by atoms with Crippen LogP contribution in [-0.2, 0) is 57.6 Å². The van der Waals surface area contributed by atoms with Gasteiger partial charge in [-0.25, -0.2) is 41.8 Å². The summed E-state index contributed by atoms with van der Waals surface area (Å²) in [5.41, 5.74) is 8.87. The summed E-state index contributed by atoms with van der Waals surface area (Å²) in [6.07, 6.45) is 0. The average Bonchev–Trinajstić information content (AvgIpc) is 3.87. The Morgan fingerprint density at radius 3 is 1.06 bits per heavy atom. The van der Waals surface area contributed by atoms with E-state index in [0.29, 0.717) is 37.8 Å². The number of hydrogen-bond acceptors (Lipinski definition) is 2. The molecule has 4 heterocycles. The summed E-state index contributed by atoms with van der Waals surface area (Å²) in [6.45, 7) is 9.91. The van der Waals surface area contributed by atoms with Crippen LogP contribution in [-0.4, -0.2) is 9.13 Å². The normalized spacial score (nSPS) is 12.4. The zero-order valence-corrected chi connectivity index (χ0v) is 28.2. The largest absolute Gasteiger partial charge is 4.00 e. The number of hydrogen-bond donors (Lipinski definition) is 0. The van der Waals surface area contributed by atoms with Crippen molar-refractivity contribution >= 4 is 0 Å². The Hall–Kier alpha value is -3.95. The molecule has 4 aromatic carbocycles. The van der Waals surface area contributed by atoms with Crippen molar-refractivity contribution in [2.24, 2.45) is 0 Å². The van der Waals surface area contributed by atoms with Crippen molar-refractivity contribution in [2.75, 3.05) is 0 Å². The van der Waals surface area contributed by atoms with Gasteiger partial charge in [0.1, 0.15) is 0 Å². The summed E-state index contributed by atoms with van der Waals surface area (Å²) >= 11 is 0. The maximum atomic E-state index is 13.8. The fourth-order valence-corrected chi connectivity index (χ4v) is 5.77. The van der Waals surface area contributed by atoms with E-state index in [9.17, 15) is 17.6 Å². The van der Waals surface area contributed by atoms with Crippen molar-refractivity contribution in [1.82, 2.24) is 9.13 Å². The zero-order chi connectivity index (χ0) is 32.8. The third-order valence-corrected chi connectivity index (χ3v) is 8.08. The predicted octanol–water partition coefficient (Wildman–Crippen LogP) is 9.21. The molecule has 2 aliphatic rings. The summed E-state index contributed by atoms with van der Waals surface area (Å²) in [4.78, 5) is 0. The fraction of sp³-hybridized carbons (Fsp3) is 0.211. The number of rotatable bonds is 2. The van der Waals surface area contributed by atoms with E-state index in [1.165, 1.54) is 24.3 Å². The van der Waals surface area contributed by atoms with Gasteiger partial charge < -0.3 is 18.6 Å². The van der Waals surface area contributed by atoms with E-state index >= 15 is 0 Å². The number of benzene rings is 2. The van der Waals surface area contributed by atoms with Gasteiger partial charge in [-0.05, 0) is 39.1 Å². The SMILES string of the molecule is Cc1c2c(c(C)n1-c1ccc(F)[c-]c1F)COC2.Cc1c2c(c(C)n1-c1ccc(F)[c-]c1F)COC2.[Ti+4].c1cc[cH-]c1.c1cc[cH-]c1. The molecule has 0 fully saturated rings. The summed E-state index contributed by atoms with van der Waals surface area (Å²) in [5, 5.41) is 0. The minimum absolute atomic E-state index is 0. The molecular formula is C38H34F4N2O2Ti. The second kappa shape index (κ2) is 16.2. The van der Waals surface area contributed by atoms with Crippen molar-refractivity contribution in [2.45, 2.75) is 54.1 Å². The molecule has 4 nitrogen and oxygen atoms in total. The van der Waals surface area contributed by atoms with Crippen LogP contribution in [0.5, 0.6) is 0 Å². The van der Waals surface area contributed by atoms with Crippen LogP contribution in [0.1, 0.15) is 45.0 Å². The van der Waals surface area contributed by atoms with Crippen molar-refractivity contribution in [3.63, 3.8) is 0 Å². The summed E-state index contributed by atoms with van der Waals surface area (Å²) in [5.74, 6) is -2.71. The van der Waals surface area contributed by atoms with Crippen LogP contribution in [0.4, 0.5) is 17.6 Å². The van der Waals surface area contributed by atoms with Crippen molar-refractivity contribution in [3.05, 3.63) is 165 Å². The van der Waals surface area contributed by atoms with E-state index in [4.69, 9.17) is 9.47 Å². The quantitative estimate of drug-likeness (QED) is 0.104. The van der Waals surface area contributed by atoms with E-state index in [-0.39, 0.29) is 21.7 Å². The van der Waals surface area contributed by atoms with Crippen LogP contribution in [0.3, 0.4) is 0 Å². The molecule has 0 saturated heterocycles. The molecule has 2 aliphatic heterocycles. The molecule has 0 saturated carbocycles. The van der Waals surface area contributed by atoms with Crippen molar-refractivity contribution < 1.29 is 48.8 Å². The molecule has 0 aliphatic carbocycles. The first-order valence-electron chi connectivity index (χ1n) is 14.8. The van der Waals surface area contributed by atoms with E-state index in [1.807, 2.05) is 88.4 Å². The van der Waals surface area contributed by atoms with Crippen molar-refractivity contribution in [3.8, 4) is 11.4 Å². The topological polar surface area (TPSA) is 28.3 Å². The molecule has 240 valence electrons. The first-order valence-corrected chi connectivity index (χ1v) is 14.8. The van der Waals surface area contributed by atoms with Gasteiger partial charge >= 0.3 is 21.7 Å². The van der Waals surface area contributed by atoms with E-state index in [2.05, 4.69) is 12.1 Å². The number of fused-ring (bicyclic) bond motifs is 2. The Morgan fingerprint density at radius 1 is 0.532 bits per heavy atom. The molecule has 0 spiro atoms. The van der Waals surface area contributed by atoms with Gasteiger partial charge in [0.2, 0.25) is 0 Å². The van der Waals surface area contributed by atoms with Gasteiger partial charge in [-0.15, -0.1) is 36.4 Å². The van der Waals surface area contributed by atoms with Gasteiger partial charge in [-0.2, -0.15) is 36.4 Å². The Balaban J connectivity index is 0.000000162. The second-order valence-corrected chi connectivity index (χ2v) is 10.8. The van der Waals surface area contributed by atoms with E-state index in [1.54, 1.807) is 9.13 Å². The van der Waals surface area contributed by atoms with Gasteiger partial charge in [-0.3, -0.25) is 0 Å². The van der Waals surface area contributed by atoms with Gasteiger partial charge in [0, 0.05) is 68.3 Å².